The second-order valence-electron chi connectivity index (χ2n) is 5.76. The predicted octanol–water partition coefficient (Wildman–Crippen LogP) is 4.95. The Kier molecular flexibility index (Phi) is 6.08. The number of benzene rings is 2. The molecule has 0 bridgehead atoms. The van der Waals surface area contributed by atoms with Crippen LogP contribution in [-0.2, 0) is 4.79 Å². The number of hydrogen-bond acceptors (Lipinski definition) is 5. The van der Waals surface area contributed by atoms with Crippen LogP contribution in [0, 0.1) is 6.92 Å². The largest absolute Gasteiger partial charge is 0.493 e. The Balaban J connectivity index is 1.82. The summed E-state index contributed by atoms with van der Waals surface area (Å²) < 4.78 is 10.9. The molecule has 0 aliphatic carbocycles. The maximum Gasteiger partial charge on any atom is 0.264 e. The molecule has 0 radical (unpaired) electrons. The second-order valence-corrected chi connectivity index (χ2v) is 7.20. The number of rotatable bonds is 5. The first-order valence-electron chi connectivity index (χ1n) is 8.36. The third-order valence-electron chi connectivity index (χ3n) is 3.82. The van der Waals surface area contributed by atoms with Gasteiger partial charge in [0.25, 0.3) is 5.91 Å². The van der Waals surface area contributed by atoms with Crippen LogP contribution >= 0.6 is 23.4 Å². The molecule has 1 aliphatic rings. The lowest BCUT2D eigenvalue weighted by atomic mass is 10.2. The fraction of sp³-hybridized carbons (Fsp3) is 0.200. The molecule has 0 aromatic heterocycles. The van der Waals surface area contributed by atoms with Crippen LogP contribution < -0.4 is 14.8 Å². The van der Waals surface area contributed by atoms with Crippen molar-refractivity contribution in [2.45, 2.75) is 13.8 Å². The van der Waals surface area contributed by atoms with E-state index in [1.165, 1.54) is 11.8 Å². The van der Waals surface area contributed by atoms with Crippen LogP contribution in [0.4, 0.5) is 5.69 Å². The summed E-state index contributed by atoms with van der Waals surface area (Å²) in [6.45, 7) is 4.39. The molecular weight excluding hydrogens is 384 g/mol. The minimum atomic E-state index is -0.190. The van der Waals surface area contributed by atoms with Crippen LogP contribution in [0.3, 0.4) is 0 Å². The fourth-order valence-electron chi connectivity index (χ4n) is 2.45. The first-order chi connectivity index (χ1) is 13.0. The summed E-state index contributed by atoms with van der Waals surface area (Å²) in [6, 6.07) is 11.1. The van der Waals surface area contributed by atoms with Gasteiger partial charge in [0.15, 0.2) is 16.7 Å². The van der Waals surface area contributed by atoms with Gasteiger partial charge in [-0.1, -0.05) is 23.7 Å². The lowest BCUT2D eigenvalue weighted by Crippen LogP contribution is -2.19. The normalized spacial score (nSPS) is 16.7. The average molecular weight is 403 g/mol. The first kappa shape index (κ1) is 19.3. The van der Waals surface area contributed by atoms with Crippen molar-refractivity contribution in [2.24, 2.45) is 4.99 Å². The molecule has 27 heavy (non-hydrogen) atoms. The highest BCUT2D eigenvalue weighted by molar-refractivity contribution is 8.18. The smallest absolute Gasteiger partial charge is 0.264 e. The van der Waals surface area contributed by atoms with Crippen molar-refractivity contribution >= 4 is 46.2 Å². The molecule has 3 rings (SSSR count). The number of amidine groups is 1. The molecule has 1 saturated heterocycles. The number of carbonyl (C=O) groups is 1. The van der Waals surface area contributed by atoms with E-state index in [0.29, 0.717) is 38.9 Å². The molecule has 1 N–H and O–H groups in total. The van der Waals surface area contributed by atoms with Crippen molar-refractivity contribution in [1.29, 1.82) is 0 Å². The zero-order valence-corrected chi connectivity index (χ0v) is 16.8. The number of amides is 1. The number of carbonyl (C=O) groups excluding carboxylic acids is 1. The van der Waals surface area contributed by atoms with Gasteiger partial charge in [-0.3, -0.25) is 4.79 Å². The monoisotopic (exact) mass is 402 g/mol. The lowest BCUT2D eigenvalue weighted by Gasteiger charge is -2.09. The van der Waals surface area contributed by atoms with E-state index >= 15 is 0 Å². The number of thioether (sulfide) groups is 1. The predicted molar refractivity (Wildman–Crippen MR) is 111 cm³/mol. The van der Waals surface area contributed by atoms with Crippen LogP contribution in [0.5, 0.6) is 11.5 Å². The number of aliphatic imine (C=N–C) groups is 1. The molecule has 0 unspecified atom stereocenters. The van der Waals surface area contributed by atoms with Gasteiger partial charge in [0.2, 0.25) is 0 Å². The van der Waals surface area contributed by atoms with E-state index in [4.69, 9.17) is 21.1 Å². The molecule has 1 fully saturated rings. The molecule has 5 nitrogen and oxygen atoms in total. The summed E-state index contributed by atoms with van der Waals surface area (Å²) in [5.74, 6) is 1.10. The highest BCUT2D eigenvalue weighted by Gasteiger charge is 2.24. The zero-order valence-electron chi connectivity index (χ0n) is 15.2. The fourth-order valence-corrected chi connectivity index (χ4v) is 3.47. The number of nitrogens with one attached hydrogen (secondary N) is 1. The average Bonchev–Trinajstić information content (AvgIpc) is 2.98. The Morgan fingerprint density at radius 3 is 2.74 bits per heavy atom. The van der Waals surface area contributed by atoms with Gasteiger partial charge in [-0.2, -0.15) is 0 Å². The maximum absolute atomic E-state index is 12.3. The van der Waals surface area contributed by atoms with Crippen molar-refractivity contribution in [1.82, 2.24) is 5.32 Å². The minimum absolute atomic E-state index is 0.190. The van der Waals surface area contributed by atoms with Gasteiger partial charge in [0.05, 0.1) is 24.3 Å². The van der Waals surface area contributed by atoms with E-state index in [-0.39, 0.29) is 5.91 Å². The Morgan fingerprint density at radius 2 is 2.04 bits per heavy atom. The Bertz CT molecular complexity index is 941. The minimum Gasteiger partial charge on any atom is -0.493 e. The second kappa shape index (κ2) is 8.50. The van der Waals surface area contributed by atoms with Crippen molar-refractivity contribution in [3.63, 3.8) is 0 Å². The molecule has 2 aromatic rings. The summed E-state index contributed by atoms with van der Waals surface area (Å²) in [4.78, 5) is 17.3. The van der Waals surface area contributed by atoms with Crippen LogP contribution in [-0.4, -0.2) is 24.8 Å². The highest BCUT2D eigenvalue weighted by atomic mass is 35.5. The van der Waals surface area contributed by atoms with E-state index < -0.39 is 0 Å². The molecule has 7 heteroatoms. The van der Waals surface area contributed by atoms with Crippen LogP contribution in [0.2, 0.25) is 5.02 Å². The molecule has 0 saturated carbocycles. The summed E-state index contributed by atoms with van der Waals surface area (Å²) >= 11 is 7.41. The third kappa shape index (κ3) is 4.64. The number of nitrogens with zero attached hydrogens (tertiary/aromatic N) is 1. The maximum atomic E-state index is 12.3. The number of halogens is 1. The van der Waals surface area contributed by atoms with E-state index in [1.54, 1.807) is 19.3 Å². The molecule has 0 atom stereocenters. The molecule has 1 heterocycles. The number of ether oxygens (including phenoxy) is 2. The van der Waals surface area contributed by atoms with E-state index in [0.717, 1.165) is 11.1 Å². The van der Waals surface area contributed by atoms with Crippen LogP contribution in [0.15, 0.2) is 46.3 Å². The molecule has 140 valence electrons. The summed E-state index contributed by atoms with van der Waals surface area (Å²) in [7, 11) is 1.59. The van der Waals surface area contributed by atoms with Crippen molar-refractivity contribution in [2.75, 3.05) is 13.7 Å². The molecule has 2 aromatic carbocycles. The Labute approximate surface area is 167 Å². The standard InChI is InChI=1S/C20H19ClN2O3S/c1-4-26-16-8-6-13(9-17(16)25-3)10-18-19(24)23-20(27-18)22-14-7-5-12(2)15(21)11-14/h5-11H,4H2,1-3H3,(H,22,23,24)/b18-10-. The van der Waals surface area contributed by atoms with Gasteiger partial charge in [0, 0.05) is 5.02 Å². The number of aryl methyl sites for hydroxylation is 1. The van der Waals surface area contributed by atoms with Gasteiger partial charge in [-0.25, -0.2) is 4.99 Å². The molecule has 1 amide bonds. The van der Waals surface area contributed by atoms with E-state index in [2.05, 4.69) is 10.3 Å². The summed E-state index contributed by atoms with van der Waals surface area (Å²) in [5.41, 5.74) is 2.51. The van der Waals surface area contributed by atoms with Gasteiger partial charge >= 0.3 is 0 Å². The van der Waals surface area contributed by atoms with Crippen LogP contribution in [0.1, 0.15) is 18.1 Å². The van der Waals surface area contributed by atoms with Crippen molar-refractivity contribution in [3.05, 3.63) is 57.5 Å². The summed E-state index contributed by atoms with van der Waals surface area (Å²) in [5, 5.41) is 3.93. The molecule has 1 aliphatic heterocycles. The van der Waals surface area contributed by atoms with E-state index in [1.807, 2.05) is 44.2 Å². The third-order valence-corrected chi connectivity index (χ3v) is 5.14. The number of hydrogen-bond donors (Lipinski definition) is 1. The van der Waals surface area contributed by atoms with Crippen molar-refractivity contribution in [3.8, 4) is 11.5 Å². The SMILES string of the molecule is CCOc1ccc(/C=C2\SC(=Nc3ccc(C)c(Cl)c3)NC2=O)cc1OC. The van der Waals surface area contributed by atoms with E-state index in [9.17, 15) is 4.79 Å². The highest BCUT2D eigenvalue weighted by Crippen LogP contribution is 2.32. The summed E-state index contributed by atoms with van der Waals surface area (Å²) in [6.07, 6.45) is 1.79. The topological polar surface area (TPSA) is 59.9 Å². The Hall–Kier alpha value is -2.44. The lowest BCUT2D eigenvalue weighted by molar-refractivity contribution is -0.115. The van der Waals surface area contributed by atoms with Gasteiger partial charge < -0.3 is 14.8 Å². The molecule has 0 spiro atoms. The quantitative estimate of drug-likeness (QED) is 0.719. The first-order valence-corrected chi connectivity index (χ1v) is 9.56. The zero-order chi connectivity index (χ0) is 19.4. The van der Waals surface area contributed by atoms with Gasteiger partial charge in [-0.05, 0) is 67.1 Å². The van der Waals surface area contributed by atoms with Crippen molar-refractivity contribution < 1.29 is 14.3 Å². The molecular formula is C20H19ClN2O3S. The van der Waals surface area contributed by atoms with Crippen LogP contribution in [0.25, 0.3) is 6.08 Å². The van der Waals surface area contributed by atoms with Gasteiger partial charge in [0.1, 0.15) is 0 Å². The van der Waals surface area contributed by atoms with Gasteiger partial charge in [-0.15, -0.1) is 0 Å². The number of methoxy groups -OCH3 is 1. The Morgan fingerprint density at radius 1 is 1.22 bits per heavy atom.